The first-order valence-corrected chi connectivity index (χ1v) is 8.28. The van der Waals surface area contributed by atoms with Crippen LogP contribution >= 0.6 is 0 Å². The van der Waals surface area contributed by atoms with E-state index in [-0.39, 0.29) is 5.91 Å². The fourth-order valence-corrected chi connectivity index (χ4v) is 3.50. The minimum Gasteiger partial charge on any atom is -0.497 e. The average molecular weight is 324 g/mol. The largest absolute Gasteiger partial charge is 0.497 e. The molecule has 6 nitrogen and oxygen atoms in total. The number of hydrogen-bond acceptors (Lipinski definition) is 5. The van der Waals surface area contributed by atoms with Crippen molar-refractivity contribution >= 4 is 11.9 Å². The van der Waals surface area contributed by atoms with E-state index in [0.717, 1.165) is 37.1 Å². The van der Waals surface area contributed by atoms with E-state index in [9.17, 15) is 4.79 Å². The Morgan fingerprint density at radius 2 is 2.33 bits per heavy atom. The lowest BCUT2D eigenvalue weighted by atomic mass is 10.0. The molecule has 2 aliphatic rings. The fourth-order valence-electron chi connectivity index (χ4n) is 3.50. The van der Waals surface area contributed by atoms with Crippen LogP contribution in [-0.4, -0.2) is 35.6 Å². The second kappa shape index (κ2) is 6.11. The molecule has 4 rings (SSSR count). The molecule has 1 aromatic heterocycles. The van der Waals surface area contributed by atoms with Gasteiger partial charge in [0.1, 0.15) is 11.4 Å². The van der Waals surface area contributed by atoms with Crippen LogP contribution in [0.25, 0.3) is 0 Å². The van der Waals surface area contributed by atoms with Gasteiger partial charge in [-0.3, -0.25) is 4.79 Å². The van der Waals surface area contributed by atoms with Crippen molar-refractivity contribution in [3.8, 4) is 5.75 Å². The normalized spacial score (nSPS) is 19.3. The Bertz CT molecular complexity index is 777. The number of amides is 1. The standard InChI is InChI=1S/C18H20N4O2/c1-24-15-6-2-4-12(9-15)8-14-5-3-7-22(14)18-20-11-13-10-19-17(23)16(13)21-18/h2,4,6,9,11,14H,3,5,7-8,10H2,1H3,(H,19,23). The highest BCUT2D eigenvalue weighted by atomic mass is 16.5. The van der Waals surface area contributed by atoms with Gasteiger partial charge in [-0.05, 0) is 37.0 Å². The van der Waals surface area contributed by atoms with Crippen molar-refractivity contribution in [1.82, 2.24) is 15.3 Å². The Kier molecular flexibility index (Phi) is 3.80. The highest BCUT2D eigenvalue weighted by Crippen LogP contribution is 2.27. The summed E-state index contributed by atoms with van der Waals surface area (Å²) in [6.07, 6.45) is 4.91. The molecule has 6 heteroatoms. The van der Waals surface area contributed by atoms with Crippen molar-refractivity contribution in [2.24, 2.45) is 0 Å². The Hall–Kier alpha value is -2.63. The third-order valence-electron chi connectivity index (χ3n) is 4.75. The molecule has 0 spiro atoms. The van der Waals surface area contributed by atoms with E-state index in [0.29, 0.717) is 24.2 Å². The summed E-state index contributed by atoms with van der Waals surface area (Å²) in [7, 11) is 1.68. The molecule has 1 fully saturated rings. The molecule has 1 amide bonds. The zero-order valence-electron chi connectivity index (χ0n) is 13.7. The number of ether oxygens (including phenoxy) is 1. The number of hydrogen-bond donors (Lipinski definition) is 1. The van der Waals surface area contributed by atoms with Gasteiger partial charge in [-0.1, -0.05) is 12.1 Å². The van der Waals surface area contributed by atoms with Gasteiger partial charge in [0.15, 0.2) is 0 Å². The molecule has 1 N–H and O–H groups in total. The minimum atomic E-state index is -0.0998. The Morgan fingerprint density at radius 3 is 3.21 bits per heavy atom. The monoisotopic (exact) mass is 324 g/mol. The topological polar surface area (TPSA) is 67.3 Å². The number of aromatic nitrogens is 2. The van der Waals surface area contributed by atoms with Gasteiger partial charge in [0.05, 0.1) is 7.11 Å². The van der Waals surface area contributed by atoms with Crippen molar-refractivity contribution in [2.45, 2.75) is 31.8 Å². The summed E-state index contributed by atoms with van der Waals surface area (Å²) < 4.78 is 5.31. The Labute approximate surface area is 140 Å². The molecule has 1 aromatic carbocycles. The molecule has 2 aromatic rings. The minimum absolute atomic E-state index is 0.0998. The van der Waals surface area contributed by atoms with Crippen LogP contribution in [-0.2, 0) is 13.0 Å². The van der Waals surface area contributed by atoms with Crippen LogP contribution in [0.3, 0.4) is 0 Å². The van der Waals surface area contributed by atoms with Crippen LogP contribution in [0.1, 0.15) is 34.5 Å². The summed E-state index contributed by atoms with van der Waals surface area (Å²) in [6.45, 7) is 1.46. The average Bonchev–Trinajstić information content (AvgIpc) is 3.22. The van der Waals surface area contributed by atoms with Crippen LogP contribution in [0.15, 0.2) is 30.5 Å². The van der Waals surface area contributed by atoms with Gasteiger partial charge in [-0.25, -0.2) is 9.97 Å². The van der Waals surface area contributed by atoms with E-state index in [1.165, 1.54) is 5.56 Å². The number of nitrogens with one attached hydrogen (secondary N) is 1. The first-order chi connectivity index (χ1) is 11.7. The van der Waals surface area contributed by atoms with E-state index in [2.05, 4.69) is 32.3 Å². The molecular formula is C18H20N4O2. The lowest BCUT2D eigenvalue weighted by Crippen LogP contribution is -2.33. The van der Waals surface area contributed by atoms with Gasteiger partial charge in [0.25, 0.3) is 5.91 Å². The van der Waals surface area contributed by atoms with Crippen molar-refractivity contribution in [3.05, 3.63) is 47.3 Å². The molecule has 1 unspecified atom stereocenters. The molecule has 0 saturated carbocycles. The predicted molar refractivity (Wildman–Crippen MR) is 90.3 cm³/mol. The summed E-state index contributed by atoms with van der Waals surface area (Å²) >= 11 is 0. The third-order valence-corrected chi connectivity index (χ3v) is 4.75. The fraction of sp³-hybridized carbons (Fsp3) is 0.389. The zero-order valence-corrected chi connectivity index (χ0v) is 13.7. The first-order valence-electron chi connectivity index (χ1n) is 8.28. The van der Waals surface area contributed by atoms with Crippen molar-refractivity contribution in [1.29, 1.82) is 0 Å². The zero-order chi connectivity index (χ0) is 16.5. The van der Waals surface area contributed by atoms with E-state index in [4.69, 9.17) is 4.74 Å². The number of nitrogens with zero attached hydrogens (tertiary/aromatic N) is 3. The maximum absolute atomic E-state index is 11.8. The molecule has 0 bridgehead atoms. The van der Waals surface area contributed by atoms with Crippen molar-refractivity contribution in [2.75, 3.05) is 18.6 Å². The quantitative estimate of drug-likeness (QED) is 0.931. The molecule has 2 aliphatic heterocycles. The lowest BCUT2D eigenvalue weighted by molar-refractivity contribution is 0.0961. The summed E-state index contributed by atoms with van der Waals surface area (Å²) in [5.74, 6) is 1.44. The van der Waals surface area contributed by atoms with Crippen LogP contribution in [0.5, 0.6) is 5.75 Å². The van der Waals surface area contributed by atoms with Crippen LogP contribution in [0.4, 0.5) is 5.95 Å². The van der Waals surface area contributed by atoms with Crippen molar-refractivity contribution < 1.29 is 9.53 Å². The highest BCUT2D eigenvalue weighted by Gasteiger charge is 2.29. The van der Waals surface area contributed by atoms with Gasteiger partial charge in [0.2, 0.25) is 5.95 Å². The summed E-state index contributed by atoms with van der Waals surface area (Å²) in [4.78, 5) is 23.1. The van der Waals surface area contributed by atoms with Gasteiger partial charge in [0, 0.05) is 30.9 Å². The van der Waals surface area contributed by atoms with Gasteiger partial charge in [-0.2, -0.15) is 0 Å². The number of benzene rings is 1. The smallest absolute Gasteiger partial charge is 0.270 e. The molecule has 0 aliphatic carbocycles. The SMILES string of the molecule is COc1cccc(CC2CCCN2c2ncc3c(n2)C(=O)NC3)c1. The van der Waals surface area contributed by atoms with Gasteiger partial charge < -0.3 is 15.0 Å². The third kappa shape index (κ3) is 2.68. The van der Waals surface area contributed by atoms with E-state index >= 15 is 0 Å². The lowest BCUT2D eigenvalue weighted by Gasteiger charge is -2.25. The van der Waals surface area contributed by atoms with Crippen LogP contribution < -0.4 is 15.0 Å². The van der Waals surface area contributed by atoms with Gasteiger partial charge >= 0.3 is 0 Å². The Balaban J connectivity index is 1.57. The molecule has 1 saturated heterocycles. The number of methoxy groups -OCH3 is 1. The van der Waals surface area contributed by atoms with E-state index in [1.54, 1.807) is 13.3 Å². The summed E-state index contributed by atoms with van der Waals surface area (Å²) in [5.41, 5.74) is 2.64. The number of carbonyl (C=O) groups excluding carboxylic acids is 1. The summed E-state index contributed by atoms with van der Waals surface area (Å²) in [5, 5.41) is 2.79. The number of anilines is 1. The molecule has 0 radical (unpaired) electrons. The van der Waals surface area contributed by atoms with E-state index < -0.39 is 0 Å². The van der Waals surface area contributed by atoms with E-state index in [1.807, 2.05) is 12.1 Å². The molecule has 1 atom stereocenters. The molecular weight excluding hydrogens is 304 g/mol. The molecule has 24 heavy (non-hydrogen) atoms. The highest BCUT2D eigenvalue weighted by molar-refractivity contribution is 5.96. The first kappa shape index (κ1) is 14.9. The molecule has 124 valence electrons. The van der Waals surface area contributed by atoms with Crippen LogP contribution in [0, 0.1) is 0 Å². The second-order valence-electron chi connectivity index (χ2n) is 6.27. The Morgan fingerprint density at radius 1 is 1.42 bits per heavy atom. The van der Waals surface area contributed by atoms with Gasteiger partial charge in [-0.15, -0.1) is 0 Å². The number of carbonyl (C=O) groups is 1. The molecule has 3 heterocycles. The maximum Gasteiger partial charge on any atom is 0.270 e. The number of rotatable bonds is 4. The maximum atomic E-state index is 11.8. The van der Waals surface area contributed by atoms with Crippen molar-refractivity contribution in [3.63, 3.8) is 0 Å². The predicted octanol–water partition coefficient (Wildman–Crippen LogP) is 1.94. The summed E-state index contributed by atoms with van der Waals surface area (Å²) in [6, 6.07) is 8.52. The second-order valence-corrected chi connectivity index (χ2v) is 6.27. The number of fused-ring (bicyclic) bond motifs is 1. The van der Waals surface area contributed by atoms with Crippen LogP contribution in [0.2, 0.25) is 0 Å².